The molecule has 1 fully saturated rings. The number of carboxylic acids is 1. The van der Waals surface area contributed by atoms with E-state index in [0.29, 0.717) is 19.8 Å². The van der Waals surface area contributed by atoms with Crippen LogP contribution in [0.3, 0.4) is 0 Å². The molecule has 1 aliphatic rings. The molecule has 0 amide bonds. The second-order valence-electron chi connectivity index (χ2n) is 7.11. The van der Waals surface area contributed by atoms with Crippen LogP contribution < -0.4 is 4.74 Å². The molecule has 8 heteroatoms. The van der Waals surface area contributed by atoms with Crippen molar-refractivity contribution in [3.8, 4) is 16.2 Å². The molecule has 4 rings (SSSR count). The van der Waals surface area contributed by atoms with Crippen LogP contribution in [0, 0.1) is 0 Å². The van der Waals surface area contributed by atoms with E-state index >= 15 is 0 Å². The third kappa shape index (κ3) is 5.87. The van der Waals surface area contributed by atoms with Gasteiger partial charge < -0.3 is 24.4 Å². The van der Waals surface area contributed by atoms with Crippen molar-refractivity contribution in [3.05, 3.63) is 76.7 Å². The zero-order valence-corrected chi connectivity index (χ0v) is 17.1. The molecule has 1 saturated heterocycles. The second kappa shape index (κ2) is 10.9. The molecule has 31 heavy (non-hydrogen) atoms. The summed E-state index contributed by atoms with van der Waals surface area (Å²) in [6.07, 6.45) is 0. The predicted molar refractivity (Wildman–Crippen MR) is 121 cm³/mol. The maximum atomic E-state index is 10.8. The van der Waals surface area contributed by atoms with Crippen molar-refractivity contribution >= 4 is 55.0 Å². The topological polar surface area (TPSA) is 85.2 Å². The van der Waals surface area contributed by atoms with Gasteiger partial charge in [-0.3, -0.25) is 0 Å². The third-order valence-corrected chi connectivity index (χ3v) is 6.08. The third-order valence-electron chi connectivity index (χ3n) is 4.96. The first-order chi connectivity index (χ1) is 14.6. The summed E-state index contributed by atoms with van der Waals surface area (Å²) in [7, 11) is 0. The Morgan fingerprint density at radius 2 is 1.87 bits per heavy atom. The molecule has 1 aromatic heterocycles. The van der Waals surface area contributed by atoms with E-state index in [2.05, 4.69) is 6.07 Å². The standard InChI is InChI=1S/C23H22O6S.Ca.2H/c24-11-20-8-9-21(30-20)17-3-1-2-16(10-17)12-28-19-6-4-18(5-7-19)23(14-27-15-23)29-13-22(25)26;;;/h1-10,24H,11-15H2,(H,25,26);;;. The Balaban J connectivity index is 0.00000272. The van der Waals surface area contributed by atoms with Gasteiger partial charge in [0.25, 0.3) is 0 Å². The molecule has 0 saturated carbocycles. The van der Waals surface area contributed by atoms with Gasteiger partial charge in [-0.25, -0.2) is 4.79 Å². The minimum atomic E-state index is -1.00. The van der Waals surface area contributed by atoms with Gasteiger partial charge in [0.05, 0.1) is 19.8 Å². The first kappa shape index (κ1) is 24.2. The van der Waals surface area contributed by atoms with E-state index in [9.17, 15) is 9.90 Å². The van der Waals surface area contributed by atoms with Crippen molar-refractivity contribution in [1.29, 1.82) is 0 Å². The number of aliphatic hydroxyl groups excluding tert-OH is 1. The van der Waals surface area contributed by atoms with Crippen molar-refractivity contribution in [2.45, 2.75) is 18.8 Å². The first-order valence-electron chi connectivity index (χ1n) is 9.54. The van der Waals surface area contributed by atoms with Crippen LogP contribution in [0.2, 0.25) is 0 Å². The van der Waals surface area contributed by atoms with Gasteiger partial charge in [-0.15, -0.1) is 11.3 Å². The van der Waals surface area contributed by atoms with Crippen molar-refractivity contribution in [3.63, 3.8) is 0 Å². The molecule has 3 aromatic rings. The summed E-state index contributed by atoms with van der Waals surface area (Å²) in [5, 5.41) is 18.1. The number of carboxylic acid groups (broad SMARTS) is 1. The number of benzene rings is 2. The number of hydrogen-bond donors (Lipinski definition) is 2. The molecule has 6 nitrogen and oxygen atoms in total. The summed E-state index contributed by atoms with van der Waals surface area (Å²) in [6.45, 7) is 0.803. The fourth-order valence-corrected chi connectivity index (χ4v) is 4.14. The molecule has 0 atom stereocenters. The summed E-state index contributed by atoms with van der Waals surface area (Å²) >= 11 is 1.58. The number of carbonyl (C=O) groups is 1. The Hall–Kier alpha value is -1.45. The van der Waals surface area contributed by atoms with Gasteiger partial charge in [0.15, 0.2) is 0 Å². The molecule has 1 aliphatic heterocycles. The van der Waals surface area contributed by atoms with Crippen LogP contribution in [0.4, 0.5) is 0 Å². The van der Waals surface area contributed by atoms with Crippen LogP contribution in [0.5, 0.6) is 5.75 Å². The molecule has 0 bridgehead atoms. The zero-order valence-electron chi connectivity index (χ0n) is 16.2. The number of aliphatic hydroxyl groups is 1. The SMILES string of the molecule is O=C(O)COC1(c2ccc(OCc3cccc(-c4ccc(CO)s4)c3)cc2)COC1.[CaH2]. The maximum absolute atomic E-state index is 10.8. The Bertz CT molecular complexity index is 1010. The quantitative estimate of drug-likeness (QED) is 0.470. The number of aliphatic carboxylic acids is 1. The Morgan fingerprint density at radius 1 is 1.10 bits per heavy atom. The Labute approximate surface area is 214 Å². The number of rotatable bonds is 9. The van der Waals surface area contributed by atoms with E-state index in [1.54, 1.807) is 11.3 Å². The van der Waals surface area contributed by atoms with Crippen LogP contribution in [0.25, 0.3) is 10.4 Å². The second-order valence-corrected chi connectivity index (χ2v) is 8.28. The molecular formula is C23H24CaO6S. The van der Waals surface area contributed by atoms with Gasteiger partial charge in [-0.2, -0.15) is 0 Å². The number of ether oxygens (including phenoxy) is 3. The predicted octanol–water partition coefficient (Wildman–Crippen LogP) is 2.90. The monoisotopic (exact) mass is 468 g/mol. The van der Waals surface area contributed by atoms with E-state index in [1.807, 2.05) is 54.6 Å². The number of hydrogen-bond acceptors (Lipinski definition) is 6. The average molecular weight is 469 g/mol. The van der Waals surface area contributed by atoms with Crippen LogP contribution in [0.15, 0.2) is 60.7 Å². The summed E-state index contributed by atoms with van der Waals surface area (Å²) in [5.41, 5.74) is 2.32. The van der Waals surface area contributed by atoms with E-state index in [0.717, 1.165) is 32.2 Å². The van der Waals surface area contributed by atoms with E-state index in [-0.39, 0.29) is 51.0 Å². The molecule has 160 valence electrons. The van der Waals surface area contributed by atoms with Crippen LogP contribution in [0.1, 0.15) is 16.0 Å². The molecular weight excluding hydrogens is 444 g/mol. The molecule has 2 heterocycles. The van der Waals surface area contributed by atoms with Crippen molar-refractivity contribution in [1.82, 2.24) is 0 Å². The molecule has 0 spiro atoms. The van der Waals surface area contributed by atoms with Crippen LogP contribution in [-0.4, -0.2) is 73.7 Å². The van der Waals surface area contributed by atoms with Gasteiger partial charge >= 0.3 is 43.7 Å². The van der Waals surface area contributed by atoms with Crippen molar-refractivity contribution < 1.29 is 29.2 Å². The van der Waals surface area contributed by atoms with E-state index < -0.39 is 11.6 Å². The van der Waals surface area contributed by atoms with Crippen molar-refractivity contribution in [2.75, 3.05) is 19.8 Å². The molecule has 0 unspecified atom stereocenters. The first-order valence-corrected chi connectivity index (χ1v) is 10.4. The zero-order chi connectivity index (χ0) is 21.0. The van der Waals surface area contributed by atoms with E-state index in [4.69, 9.17) is 19.3 Å². The van der Waals surface area contributed by atoms with Crippen molar-refractivity contribution in [2.24, 2.45) is 0 Å². The minimum absolute atomic E-state index is 0. The van der Waals surface area contributed by atoms with Crippen LogP contribution >= 0.6 is 11.3 Å². The Morgan fingerprint density at radius 3 is 2.48 bits per heavy atom. The summed E-state index contributed by atoms with van der Waals surface area (Å²) in [6, 6.07) is 19.6. The van der Waals surface area contributed by atoms with Gasteiger partial charge in [0.2, 0.25) is 0 Å². The summed E-state index contributed by atoms with van der Waals surface area (Å²) in [5.74, 6) is -0.282. The fraction of sp³-hybridized carbons (Fsp3) is 0.261. The fourth-order valence-electron chi connectivity index (χ4n) is 3.27. The normalized spacial score (nSPS) is 14.4. The molecule has 0 radical (unpaired) electrons. The van der Waals surface area contributed by atoms with E-state index in [1.165, 1.54) is 0 Å². The number of thiophene rings is 1. The summed E-state index contributed by atoms with van der Waals surface area (Å²) in [4.78, 5) is 12.9. The van der Waals surface area contributed by atoms with Gasteiger partial charge in [-0.05, 0) is 47.0 Å². The average Bonchev–Trinajstić information content (AvgIpc) is 3.22. The summed E-state index contributed by atoms with van der Waals surface area (Å²) < 4.78 is 16.7. The van der Waals surface area contributed by atoms with Crippen LogP contribution in [-0.2, 0) is 33.1 Å². The Kier molecular flexibility index (Phi) is 8.52. The van der Waals surface area contributed by atoms with Gasteiger partial charge in [-0.1, -0.05) is 30.3 Å². The molecule has 0 aliphatic carbocycles. The van der Waals surface area contributed by atoms with Gasteiger partial charge in [0, 0.05) is 9.75 Å². The van der Waals surface area contributed by atoms with Gasteiger partial charge in [0.1, 0.15) is 24.6 Å². The molecule has 2 aromatic carbocycles. The molecule has 2 N–H and O–H groups in total.